The molecule has 2 heterocycles. The lowest BCUT2D eigenvalue weighted by molar-refractivity contribution is -0.133. The Hall–Kier alpha value is -1.44. The normalized spacial score (nSPS) is 25.1. The van der Waals surface area contributed by atoms with Gasteiger partial charge in [0.15, 0.2) is 0 Å². The number of rotatable bonds is 5. The van der Waals surface area contributed by atoms with E-state index >= 15 is 0 Å². The van der Waals surface area contributed by atoms with E-state index in [-0.39, 0.29) is 12.5 Å². The summed E-state index contributed by atoms with van der Waals surface area (Å²) in [6.45, 7) is 3.27. The largest absolute Gasteiger partial charge is 0.390 e. The van der Waals surface area contributed by atoms with Crippen LogP contribution in [0.1, 0.15) is 30.2 Å². The summed E-state index contributed by atoms with van der Waals surface area (Å²) in [6.07, 6.45) is 1.73. The smallest absolute Gasteiger partial charge is 0.325 e. The summed E-state index contributed by atoms with van der Waals surface area (Å²) in [5.74, 6) is -0.222. The summed E-state index contributed by atoms with van der Waals surface area (Å²) in [5.41, 5.74) is 0.0240. The number of β-amino-alcohol motifs (C(OH)–C–C–N with tert-alkyl or cyclic N) is 1. The molecule has 2 atom stereocenters. The highest BCUT2D eigenvalue weighted by Gasteiger charge is 2.54. The molecule has 3 rings (SSSR count). The van der Waals surface area contributed by atoms with Gasteiger partial charge in [-0.25, -0.2) is 4.79 Å². The molecule has 23 heavy (non-hydrogen) atoms. The highest BCUT2D eigenvalue weighted by Crippen LogP contribution is 2.42. The van der Waals surface area contributed by atoms with Crippen LogP contribution in [0.2, 0.25) is 0 Å². The Morgan fingerprint density at radius 1 is 1.52 bits per heavy atom. The van der Waals surface area contributed by atoms with Crippen LogP contribution >= 0.6 is 11.3 Å². The first-order chi connectivity index (χ1) is 11.0. The molecule has 0 bridgehead atoms. The molecule has 3 amide bonds. The zero-order valence-electron chi connectivity index (χ0n) is 13.5. The van der Waals surface area contributed by atoms with Crippen LogP contribution in [0.5, 0.6) is 0 Å². The van der Waals surface area contributed by atoms with Crippen molar-refractivity contribution < 1.29 is 14.7 Å². The molecular weight excluding hydrogens is 314 g/mol. The van der Waals surface area contributed by atoms with Crippen LogP contribution in [0.3, 0.4) is 0 Å². The van der Waals surface area contributed by atoms with Crippen LogP contribution in [0.4, 0.5) is 4.79 Å². The molecule has 2 N–H and O–H groups in total. The quantitative estimate of drug-likeness (QED) is 0.791. The first kappa shape index (κ1) is 16.4. The molecule has 1 saturated heterocycles. The van der Waals surface area contributed by atoms with E-state index in [4.69, 9.17) is 0 Å². The average Bonchev–Trinajstić information content (AvgIpc) is 3.08. The maximum atomic E-state index is 13.0. The molecule has 126 valence electrons. The number of aryl methyl sites for hydroxylation is 1. The van der Waals surface area contributed by atoms with Crippen LogP contribution in [0.25, 0.3) is 0 Å². The van der Waals surface area contributed by atoms with Gasteiger partial charge in [-0.15, -0.1) is 11.3 Å². The lowest BCUT2D eigenvalue weighted by Gasteiger charge is -2.31. The van der Waals surface area contributed by atoms with Gasteiger partial charge in [0.2, 0.25) is 0 Å². The predicted molar refractivity (Wildman–Crippen MR) is 88.4 cm³/mol. The molecule has 7 heteroatoms. The molecular formula is C16H23N3O3S. The number of amides is 3. The van der Waals surface area contributed by atoms with E-state index < -0.39 is 17.7 Å². The Morgan fingerprint density at radius 2 is 2.30 bits per heavy atom. The molecule has 1 aliphatic heterocycles. The van der Waals surface area contributed by atoms with Gasteiger partial charge in [0.25, 0.3) is 5.91 Å². The molecule has 0 aromatic carbocycles. The molecule has 0 radical (unpaired) electrons. The minimum Gasteiger partial charge on any atom is -0.390 e. The summed E-state index contributed by atoms with van der Waals surface area (Å²) in [7, 11) is 1.90. The lowest BCUT2D eigenvalue weighted by Crippen LogP contribution is -2.47. The van der Waals surface area contributed by atoms with Crippen molar-refractivity contribution in [1.82, 2.24) is 15.1 Å². The van der Waals surface area contributed by atoms with Crippen molar-refractivity contribution in [3.05, 3.63) is 21.9 Å². The van der Waals surface area contributed by atoms with Gasteiger partial charge >= 0.3 is 6.03 Å². The number of thiophene rings is 1. The Bertz CT molecular complexity index is 617. The van der Waals surface area contributed by atoms with Crippen molar-refractivity contribution in [2.45, 2.75) is 37.8 Å². The Balaban J connectivity index is 1.79. The molecule has 0 saturated carbocycles. The van der Waals surface area contributed by atoms with E-state index in [1.807, 2.05) is 30.3 Å². The number of nitrogens with zero attached hydrogens (tertiary/aromatic N) is 2. The first-order valence-electron chi connectivity index (χ1n) is 8.05. The third-order valence-electron chi connectivity index (χ3n) is 4.79. The van der Waals surface area contributed by atoms with Crippen molar-refractivity contribution in [2.24, 2.45) is 0 Å². The van der Waals surface area contributed by atoms with Crippen molar-refractivity contribution >= 4 is 23.3 Å². The van der Waals surface area contributed by atoms with E-state index in [9.17, 15) is 14.7 Å². The van der Waals surface area contributed by atoms with Crippen LogP contribution in [0, 0.1) is 0 Å². The third kappa shape index (κ3) is 2.77. The predicted octanol–water partition coefficient (Wildman–Crippen LogP) is 1.14. The number of carbonyl (C=O) groups excluding carboxylic acids is 2. The van der Waals surface area contributed by atoms with Gasteiger partial charge in [-0.1, -0.05) is 6.92 Å². The first-order valence-corrected chi connectivity index (χ1v) is 8.93. The second-order valence-corrected chi connectivity index (χ2v) is 7.37. The summed E-state index contributed by atoms with van der Waals surface area (Å²) < 4.78 is 0. The SMILES string of the molecule is CCN(C)CC(O)CN1C(=O)NC2(CCCc3sccc32)C1=O. The second-order valence-electron chi connectivity index (χ2n) is 6.37. The molecule has 1 spiro atoms. The molecule has 2 unspecified atom stereocenters. The lowest BCUT2D eigenvalue weighted by atomic mass is 9.80. The van der Waals surface area contributed by atoms with Gasteiger partial charge in [0.1, 0.15) is 5.54 Å². The second kappa shape index (κ2) is 6.22. The molecule has 1 fully saturated rings. The van der Waals surface area contributed by atoms with Gasteiger partial charge in [-0.05, 0) is 44.3 Å². The minimum absolute atomic E-state index is 0.0379. The highest BCUT2D eigenvalue weighted by molar-refractivity contribution is 7.10. The highest BCUT2D eigenvalue weighted by atomic mass is 32.1. The minimum atomic E-state index is -0.916. The van der Waals surface area contributed by atoms with Crippen LogP contribution in [0.15, 0.2) is 11.4 Å². The van der Waals surface area contributed by atoms with E-state index in [0.29, 0.717) is 13.0 Å². The Morgan fingerprint density at radius 3 is 3.04 bits per heavy atom. The molecule has 1 aromatic rings. The van der Waals surface area contributed by atoms with E-state index in [2.05, 4.69) is 5.32 Å². The van der Waals surface area contributed by atoms with E-state index in [0.717, 1.165) is 24.9 Å². The summed E-state index contributed by atoms with van der Waals surface area (Å²) in [4.78, 5) is 29.6. The molecule has 1 aromatic heterocycles. The number of carbonyl (C=O) groups is 2. The fourth-order valence-corrected chi connectivity index (χ4v) is 4.46. The van der Waals surface area contributed by atoms with Gasteiger partial charge in [-0.3, -0.25) is 9.69 Å². The third-order valence-corrected chi connectivity index (χ3v) is 5.77. The van der Waals surface area contributed by atoms with Gasteiger partial charge in [0.05, 0.1) is 12.6 Å². The van der Waals surface area contributed by atoms with Crippen LogP contribution in [-0.4, -0.2) is 59.6 Å². The number of nitrogens with one attached hydrogen (secondary N) is 1. The number of imide groups is 1. The van der Waals surface area contributed by atoms with Crippen molar-refractivity contribution in [1.29, 1.82) is 0 Å². The number of hydrogen-bond donors (Lipinski definition) is 2. The Kier molecular flexibility index (Phi) is 4.44. The van der Waals surface area contributed by atoms with E-state index in [1.54, 1.807) is 11.3 Å². The van der Waals surface area contributed by atoms with Crippen molar-refractivity contribution in [2.75, 3.05) is 26.7 Å². The van der Waals surface area contributed by atoms with Gasteiger partial charge in [0, 0.05) is 17.0 Å². The Labute approximate surface area is 140 Å². The summed E-state index contributed by atoms with van der Waals surface area (Å²) in [5, 5.41) is 15.1. The zero-order valence-corrected chi connectivity index (χ0v) is 14.4. The summed E-state index contributed by atoms with van der Waals surface area (Å²) >= 11 is 1.64. The molecule has 1 aliphatic carbocycles. The van der Waals surface area contributed by atoms with Crippen molar-refractivity contribution in [3.63, 3.8) is 0 Å². The number of aliphatic hydroxyl groups is 1. The van der Waals surface area contributed by atoms with E-state index in [1.165, 1.54) is 9.78 Å². The molecule has 6 nitrogen and oxygen atoms in total. The number of urea groups is 1. The van der Waals surface area contributed by atoms with Crippen LogP contribution < -0.4 is 5.32 Å². The number of hydrogen-bond acceptors (Lipinski definition) is 5. The fourth-order valence-electron chi connectivity index (χ4n) is 3.46. The van der Waals surface area contributed by atoms with Crippen molar-refractivity contribution in [3.8, 4) is 0 Å². The average molecular weight is 337 g/mol. The maximum absolute atomic E-state index is 13.0. The monoisotopic (exact) mass is 337 g/mol. The van der Waals surface area contributed by atoms with Gasteiger partial charge in [-0.2, -0.15) is 0 Å². The number of fused-ring (bicyclic) bond motifs is 2. The standard InChI is InChI=1S/C16H23N3O3S/c1-3-18(2)9-11(20)10-19-14(21)16(17-15(19)22)7-4-5-13-12(16)6-8-23-13/h6,8,11,20H,3-5,7,9-10H2,1-2H3,(H,17,22). The van der Waals surface area contributed by atoms with Crippen LogP contribution in [-0.2, 0) is 16.8 Å². The number of aliphatic hydroxyl groups excluding tert-OH is 1. The summed E-state index contributed by atoms with van der Waals surface area (Å²) in [6, 6.07) is 1.55. The number of likely N-dealkylation sites (N-methyl/N-ethyl adjacent to an activating group) is 1. The fraction of sp³-hybridized carbons (Fsp3) is 0.625. The topological polar surface area (TPSA) is 72.9 Å². The van der Waals surface area contributed by atoms with Gasteiger partial charge < -0.3 is 15.3 Å². The maximum Gasteiger partial charge on any atom is 0.325 e. The zero-order chi connectivity index (χ0) is 16.6. The molecule has 2 aliphatic rings.